The number of halogens is 3. The molecule has 0 fully saturated rings. The normalized spacial score (nSPS) is 10.1. The molecule has 0 aliphatic heterocycles. The molecule has 0 bridgehead atoms. The van der Waals surface area contributed by atoms with Crippen molar-refractivity contribution < 1.29 is 13.2 Å². The Labute approximate surface area is 71.6 Å². The van der Waals surface area contributed by atoms with Crippen LogP contribution in [0.15, 0.2) is 6.07 Å². The molecule has 2 N–H and O–H groups in total. The molecule has 1 rings (SSSR count). The first-order valence-corrected chi connectivity index (χ1v) is 3.20. The maximum Gasteiger partial charge on any atom is 0.282 e. The number of aromatic nitrogens is 1. The van der Waals surface area contributed by atoms with Crippen molar-refractivity contribution >= 4 is 5.69 Å². The molecule has 1 aromatic heterocycles. The molecule has 3 nitrogen and oxygen atoms in total. The van der Waals surface area contributed by atoms with Gasteiger partial charge in [-0.15, -0.1) is 0 Å². The van der Waals surface area contributed by atoms with Crippen molar-refractivity contribution in [3.8, 4) is 6.07 Å². The Kier molecular flexibility index (Phi) is 2.37. The van der Waals surface area contributed by atoms with Gasteiger partial charge in [0.1, 0.15) is 11.8 Å². The molecular formula is C7H4F3N3. The summed E-state index contributed by atoms with van der Waals surface area (Å²) in [5.74, 6) is -1.14. The highest BCUT2D eigenvalue weighted by atomic mass is 19.3. The molecule has 0 aliphatic carbocycles. The predicted octanol–water partition coefficient (Wildman–Crippen LogP) is 1.61. The van der Waals surface area contributed by atoms with Crippen molar-refractivity contribution in [1.82, 2.24) is 4.98 Å². The minimum Gasteiger partial charge on any atom is -0.396 e. The molecule has 0 amide bonds. The Morgan fingerprint density at radius 1 is 1.54 bits per heavy atom. The van der Waals surface area contributed by atoms with E-state index in [1.54, 1.807) is 0 Å². The summed E-state index contributed by atoms with van der Waals surface area (Å²) in [6.07, 6.45) is -2.98. The van der Waals surface area contributed by atoms with Crippen molar-refractivity contribution in [3.63, 3.8) is 0 Å². The number of alkyl halides is 2. The van der Waals surface area contributed by atoms with Crippen LogP contribution in [-0.2, 0) is 0 Å². The lowest BCUT2D eigenvalue weighted by molar-refractivity contribution is 0.145. The highest BCUT2D eigenvalue weighted by Crippen LogP contribution is 2.25. The van der Waals surface area contributed by atoms with Crippen LogP contribution in [0.2, 0.25) is 0 Å². The van der Waals surface area contributed by atoms with Gasteiger partial charge in [-0.25, -0.2) is 13.8 Å². The Morgan fingerprint density at radius 2 is 2.15 bits per heavy atom. The number of pyridine rings is 1. The second-order valence-electron chi connectivity index (χ2n) is 2.20. The van der Waals surface area contributed by atoms with Crippen LogP contribution < -0.4 is 5.73 Å². The maximum absolute atomic E-state index is 12.5. The van der Waals surface area contributed by atoms with E-state index in [0.717, 1.165) is 0 Å². The van der Waals surface area contributed by atoms with E-state index in [-0.39, 0.29) is 5.56 Å². The summed E-state index contributed by atoms with van der Waals surface area (Å²) in [4.78, 5) is 2.89. The number of hydrogen-bond donors (Lipinski definition) is 1. The van der Waals surface area contributed by atoms with Crippen LogP contribution in [0.3, 0.4) is 0 Å². The second kappa shape index (κ2) is 3.31. The van der Waals surface area contributed by atoms with Crippen LogP contribution in [0.4, 0.5) is 18.9 Å². The molecule has 0 spiro atoms. The standard InChI is InChI=1S/C7H4F3N3/c8-4-1-3(2-11)5(12)6(13-4)7(9)10/h1,7H,12H2. The first kappa shape index (κ1) is 9.32. The molecular weight excluding hydrogens is 183 g/mol. The van der Waals surface area contributed by atoms with Gasteiger partial charge in [-0.2, -0.15) is 9.65 Å². The van der Waals surface area contributed by atoms with Gasteiger partial charge in [0, 0.05) is 6.07 Å². The third-order valence-corrected chi connectivity index (χ3v) is 1.38. The second-order valence-corrected chi connectivity index (χ2v) is 2.20. The van der Waals surface area contributed by atoms with E-state index in [1.165, 1.54) is 6.07 Å². The van der Waals surface area contributed by atoms with Crippen LogP contribution in [0.5, 0.6) is 0 Å². The van der Waals surface area contributed by atoms with Crippen molar-refractivity contribution in [2.45, 2.75) is 6.43 Å². The van der Waals surface area contributed by atoms with E-state index in [9.17, 15) is 13.2 Å². The van der Waals surface area contributed by atoms with Crippen molar-refractivity contribution in [1.29, 1.82) is 5.26 Å². The SMILES string of the molecule is N#Cc1cc(F)nc(C(F)F)c1N. The average molecular weight is 187 g/mol. The van der Waals surface area contributed by atoms with Gasteiger partial charge in [-0.1, -0.05) is 0 Å². The highest BCUT2D eigenvalue weighted by molar-refractivity contribution is 5.56. The lowest BCUT2D eigenvalue weighted by Crippen LogP contribution is -2.03. The van der Waals surface area contributed by atoms with E-state index >= 15 is 0 Å². The van der Waals surface area contributed by atoms with E-state index in [0.29, 0.717) is 6.07 Å². The smallest absolute Gasteiger partial charge is 0.282 e. The number of rotatable bonds is 1. The Hall–Kier alpha value is -1.77. The molecule has 1 heterocycles. The molecule has 1 aromatic rings. The largest absolute Gasteiger partial charge is 0.396 e. The summed E-state index contributed by atoms with van der Waals surface area (Å²) in [7, 11) is 0. The molecule has 13 heavy (non-hydrogen) atoms. The van der Waals surface area contributed by atoms with Crippen LogP contribution >= 0.6 is 0 Å². The Morgan fingerprint density at radius 3 is 2.62 bits per heavy atom. The molecule has 68 valence electrons. The van der Waals surface area contributed by atoms with Crippen LogP contribution in [-0.4, -0.2) is 4.98 Å². The number of anilines is 1. The molecule has 6 heteroatoms. The molecule has 0 atom stereocenters. The average Bonchev–Trinajstić information content (AvgIpc) is 2.08. The zero-order chi connectivity index (χ0) is 10.0. The van der Waals surface area contributed by atoms with Crippen molar-refractivity contribution in [3.05, 3.63) is 23.3 Å². The van der Waals surface area contributed by atoms with Gasteiger partial charge in [0.25, 0.3) is 6.43 Å². The maximum atomic E-state index is 12.5. The van der Waals surface area contributed by atoms with Gasteiger partial charge in [-0.3, -0.25) is 0 Å². The first-order valence-electron chi connectivity index (χ1n) is 3.20. The van der Waals surface area contributed by atoms with Crippen LogP contribution in [0.1, 0.15) is 17.7 Å². The van der Waals surface area contributed by atoms with Gasteiger partial charge < -0.3 is 5.73 Å². The van der Waals surface area contributed by atoms with Gasteiger partial charge in [0.15, 0.2) is 0 Å². The van der Waals surface area contributed by atoms with Gasteiger partial charge in [-0.05, 0) is 0 Å². The number of nitrogen functional groups attached to an aromatic ring is 1. The number of hydrogen-bond acceptors (Lipinski definition) is 3. The zero-order valence-corrected chi connectivity index (χ0v) is 6.26. The number of nitriles is 1. The topological polar surface area (TPSA) is 62.7 Å². The Bertz CT molecular complexity index is 370. The third-order valence-electron chi connectivity index (χ3n) is 1.38. The minimum atomic E-state index is -2.98. The van der Waals surface area contributed by atoms with Crippen molar-refractivity contribution in [2.24, 2.45) is 0 Å². The fraction of sp³-hybridized carbons (Fsp3) is 0.143. The van der Waals surface area contributed by atoms with Crippen LogP contribution in [0, 0.1) is 17.3 Å². The fourth-order valence-electron chi connectivity index (χ4n) is 0.801. The highest BCUT2D eigenvalue weighted by Gasteiger charge is 2.17. The minimum absolute atomic E-state index is 0.331. The van der Waals surface area contributed by atoms with Gasteiger partial charge in [0.05, 0.1) is 11.3 Å². The predicted molar refractivity (Wildman–Crippen MR) is 38.3 cm³/mol. The van der Waals surface area contributed by atoms with E-state index in [2.05, 4.69) is 4.98 Å². The quantitative estimate of drug-likeness (QED) is 0.679. The lowest BCUT2D eigenvalue weighted by Gasteiger charge is -2.04. The summed E-state index contributed by atoms with van der Waals surface area (Å²) in [6, 6.07) is 2.20. The summed E-state index contributed by atoms with van der Waals surface area (Å²) in [6.45, 7) is 0. The van der Waals surface area contributed by atoms with Gasteiger partial charge in [0.2, 0.25) is 5.95 Å². The first-order chi connectivity index (χ1) is 6.06. The molecule has 0 saturated carbocycles. The van der Waals surface area contributed by atoms with Gasteiger partial charge >= 0.3 is 0 Å². The summed E-state index contributed by atoms with van der Waals surface area (Å²) >= 11 is 0. The lowest BCUT2D eigenvalue weighted by atomic mass is 10.2. The van der Waals surface area contributed by atoms with E-state index < -0.39 is 23.8 Å². The summed E-state index contributed by atoms with van der Waals surface area (Å²) in [5.41, 5.74) is 3.44. The Balaban J connectivity index is 3.38. The molecule has 0 unspecified atom stereocenters. The third kappa shape index (κ3) is 1.69. The van der Waals surface area contributed by atoms with E-state index in [1.807, 2.05) is 0 Å². The number of nitrogens with two attached hydrogens (primary N) is 1. The fourth-order valence-corrected chi connectivity index (χ4v) is 0.801. The molecule has 0 saturated heterocycles. The van der Waals surface area contributed by atoms with Crippen LogP contribution in [0.25, 0.3) is 0 Å². The summed E-state index contributed by atoms with van der Waals surface area (Å²) in [5, 5.41) is 8.38. The van der Waals surface area contributed by atoms with Crippen molar-refractivity contribution in [2.75, 3.05) is 5.73 Å². The molecule has 0 aliphatic rings. The van der Waals surface area contributed by atoms with E-state index in [4.69, 9.17) is 11.0 Å². The molecule has 0 radical (unpaired) electrons. The molecule has 0 aromatic carbocycles. The monoisotopic (exact) mass is 187 g/mol. The number of nitrogens with zero attached hydrogens (tertiary/aromatic N) is 2. The zero-order valence-electron chi connectivity index (χ0n) is 6.26. The summed E-state index contributed by atoms with van der Waals surface area (Å²) < 4.78 is 36.7.